The Hall–Kier alpha value is -0.790. The molecule has 0 atom stereocenters. The third-order valence-electron chi connectivity index (χ3n) is 3.43. The van der Waals surface area contributed by atoms with Crippen LogP contribution < -0.4 is 0 Å². The quantitative estimate of drug-likeness (QED) is 0.430. The van der Waals surface area contributed by atoms with E-state index in [1.165, 1.54) is 38.2 Å². The van der Waals surface area contributed by atoms with E-state index in [4.69, 9.17) is 12.2 Å². The monoisotopic (exact) mass is 356 g/mol. The molecule has 2 aliphatic rings. The average Bonchev–Trinajstić information content (AvgIpc) is 2.89. The van der Waals surface area contributed by atoms with Gasteiger partial charge < -0.3 is 0 Å². The van der Waals surface area contributed by atoms with Crippen LogP contribution in [0.3, 0.4) is 0 Å². The number of likely N-dealkylation sites (N-methyl/N-ethyl adjacent to an activating group) is 2. The molecule has 0 aromatic carbocycles. The zero-order valence-corrected chi connectivity index (χ0v) is 15.9. The zero-order valence-electron chi connectivity index (χ0n) is 13.4. The van der Waals surface area contributed by atoms with Crippen LogP contribution in [0.2, 0.25) is 0 Å². The third-order valence-corrected chi connectivity index (χ3v) is 6.67. The van der Waals surface area contributed by atoms with E-state index in [0.717, 1.165) is 4.24 Å². The molecule has 2 aliphatic heterocycles. The standard InChI is InChI=1S/C15H20N2O2S3/c1-6-16-11(18)10(12(19)17(7-2)14(16)20)13-21-8-9(22-13)15(3,4)5/h8H,6-7H2,1-5H3. The molecule has 22 heavy (non-hydrogen) atoms. The van der Waals surface area contributed by atoms with Gasteiger partial charge in [-0.15, -0.1) is 0 Å². The van der Waals surface area contributed by atoms with Crippen LogP contribution in [0.25, 0.3) is 0 Å². The van der Waals surface area contributed by atoms with Gasteiger partial charge in [0.2, 0.25) is 0 Å². The SMILES string of the molecule is CCN1C(=O)C(=C2SC=C(C(C)(C)C)S2)C(=O)N(CC)C1=S. The molecule has 1 saturated heterocycles. The van der Waals surface area contributed by atoms with Crippen molar-refractivity contribution in [1.82, 2.24) is 9.80 Å². The van der Waals surface area contributed by atoms with E-state index < -0.39 is 0 Å². The van der Waals surface area contributed by atoms with Crippen molar-refractivity contribution < 1.29 is 9.59 Å². The molecule has 7 heteroatoms. The predicted octanol–water partition coefficient (Wildman–Crippen LogP) is 3.56. The smallest absolute Gasteiger partial charge is 0.267 e. The number of hydrogen-bond acceptors (Lipinski definition) is 5. The summed E-state index contributed by atoms with van der Waals surface area (Å²) < 4.78 is 0.763. The van der Waals surface area contributed by atoms with Gasteiger partial charge in [-0.25, -0.2) is 0 Å². The highest BCUT2D eigenvalue weighted by molar-refractivity contribution is 8.28. The van der Waals surface area contributed by atoms with Gasteiger partial charge >= 0.3 is 0 Å². The van der Waals surface area contributed by atoms with E-state index in [1.807, 2.05) is 19.3 Å². The van der Waals surface area contributed by atoms with Crippen LogP contribution in [0.1, 0.15) is 34.6 Å². The molecule has 0 radical (unpaired) electrons. The zero-order chi connectivity index (χ0) is 16.7. The Morgan fingerprint density at radius 3 is 1.95 bits per heavy atom. The van der Waals surface area contributed by atoms with Crippen molar-refractivity contribution in [2.75, 3.05) is 13.1 Å². The summed E-state index contributed by atoms with van der Waals surface area (Å²) >= 11 is 8.26. The number of carbonyl (C=O) groups excluding carboxylic acids is 2. The van der Waals surface area contributed by atoms with Gasteiger partial charge in [-0.3, -0.25) is 19.4 Å². The van der Waals surface area contributed by atoms with Gasteiger partial charge in [-0.05, 0) is 36.9 Å². The van der Waals surface area contributed by atoms with Gasteiger partial charge in [0.15, 0.2) is 5.11 Å². The lowest BCUT2D eigenvalue weighted by Crippen LogP contribution is -2.56. The molecule has 0 unspecified atom stereocenters. The van der Waals surface area contributed by atoms with Crippen LogP contribution in [0.15, 0.2) is 20.1 Å². The van der Waals surface area contributed by atoms with Crippen LogP contribution in [0, 0.1) is 5.41 Å². The molecule has 0 aromatic heterocycles. The van der Waals surface area contributed by atoms with Crippen molar-refractivity contribution in [3.05, 3.63) is 20.1 Å². The predicted molar refractivity (Wildman–Crippen MR) is 97.1 cm³/mol. The van der Waals surface area contributed by atoms with E-state index in [2.05, 4.69) is 20.8 Å². The fourth-order valence-electron chi connectivity index (χ4n) is 2.11. The van der Waals surface area contributed by atoms with E-state index in [1.54, 1.807) is 0 Å². The summed E-state index contributed by atoms with van der Waals surface area (Å²) in [5.41, 5.74) is 0.257. The number of amides is 2. The van der Waals surface area contributed by atoms with Gasteiger partial charge in [-0.2, -0.15) is 0 Å². The van der Waals surface area contributed by atoms with Crippen molar-refractivity contribution >= 4 is 52.7 Å². The van der Waals surface area contributed by atoms with Gasteiger partial charge in [0.25, 0.3) is 11.8 Å². The first-order valence-electron chi connectivity index (χ1n) is 7.19. The van der Waals surface area contributed by atoms with E-state index in [-0.39, 0.29) is 22.8 Å². The van der Waals surface area contributed by atoms with Gasteiger partial charge in [-0.1, -0.05) is 44.3 Å². The summed E-state index contributed by atoms with van der Waals surface area (Å²) in [5.74, 6) is -0.554. The van der Waals surface area contributed by atoms with Gasteiger partial charge in [0.1, 0.15) is 5.57 Å². The Labute approximate surface area is 145 Å². The van der Waals surface area contributed by atoms with E-state index >= 15 is 0 Å². The fourth-order valence-corrected chi connectivity index (χ4v) is 5.12. The lowest BCUT2D eigenvalue weighted by molar-refractivity contribution is -0.133. The van der Waals surface area contributed by atoms with Crippen molar-refractivity contribution in [3.8, 4) is 0 Å². The van der Waals surface area contributed by atoms with Gasteiger partial charge in [0.05, 0.1) is 4.24 Å². The number of hydrogen-bond donors (Lipinski definition) is 0. The summed E-state index contributed by atoms with van der Waals surface area (Å²) in [6.07, 6.45) is 0. The molecular weight excluding hydrogens is 336 g/mol. The molecule has 0 bridgehead atoms. The number of thioether (sulfide) groups is 2. The maximum atomic E-state index is 12.7. The number of thiocarbonyl (C=S) groups is 1. The fraction of sp³-hybridized carbons (Fsp3) is 0.533. The first-order valence-corrected chi connectivity index (χ1v) is 9.29. The topological polar surface area (TPSA) is 40.6 Å². The van der Waals surface area contributed by atoms with Crippen LogP contribution in [0.4, 0.5) is 0 Å². The van der Waals surface area contributed by atoms with Crippen molar-refractivity contribution in [3.63, 3.8) is 0 Å². The Morgan fingerprint density at radius 2 is 1.59 bits per heavy atom. The number of allylic oxidation sites excluding steroid dienone is 1. The largest absolute Gasteiger partial charge is 0.285 e. The molecule has 0 aromatic rings. The summed E-state index contributed by atoms with van der Waals surface area (Å²) in [4.78, 5) is 29.5. The third kappa shape index (κ3) is 2.98. The maximum absolute atomic E-state index is 12.7. The summed E-state index contributed by atoms with van der Waals surface area (Å²) in [7, 11) is 0. The molecule has 2 rings (SSSR count). The van der Waals surface area contributed by atoms with Crippen molar-refractivity contribution in [2.45, 2.75) is 34.6 Å². The Balaban J connectivity index is 2.42. The van der Waals surface area contributed by atoms with Gasteiger partial charge in [0, 0.05) is 18.0 Å². The molecule has 2 heterocycles. The number of carbonyl (C=O) groups is 2. The minimum absolute atomic E-state index is 0.00489. The van der Waals surface area contributed by atoms with Crippen LogP contribution in [-0.4, -0.2) is 39.8 Å². The molecule has 2 amide bonds. The first-order chi connectivity index (χ1) is 10.2. The molecule has 4 nitrogen and oxygen atoms in total. The highest BCUT2D eigenvalue weighted by atomic mass is 32.2. The normalized spacial score (nSPS) is 20.2. The second-order valence-corrected chi connectivity index (χ2v) is 8.55. The molecule has 1 fully saturated rings. The van der Waals surface area contributed by atoms with E-state index in [9.17, 15) is 9.59 Å². The first kappa shape index (κ1) is 17.6. The minimum Gasteiger partial charge on any atom is -0.285 e. The average molecular weight is 357 g/mol. The Kier molecular flexibility index (Phi) is 5.09. The van der Waals surface area contributed by atoms with Crippen molar-refractivity contribution in [2.24, 2.45) is 5.41 Å². The highest BCUT2D eigenvalue weighted by Crippen LogP contribution is 2.52. The van der Waals surface area contributed by atoms with Crippen LogP contribution >= 0.6 is 35.7 Å². The Morgan fingerprint density at radius 1 is 1.09 bits per heavy atom. The van der Waals surface area contributed by atoms with Crippen molar-refractivity contribution in [1.29, 1.82) is 0 Å². The molecule has 0 aliphatic carbocycles. The number of nitrogens with zero attached hydrogens (tertiary/aromatic N) is 2. The lowest BCUT2D eigenvalue weighted by Gasteiger charge is -2.35. The Bertz CT molecular complexity index is 574. The molecule has 120 valence electrons. The van der Waals surface area contributed by atoms with Crippen LogP contribution in [0.5, 0.6) is 0 Å². The maximum Gasteiger partial charge on any atom is 0.267 e. The summed E-state index contributed by atoms with van der Waals surface area (Å²) in [5, 5.41) is 2.34. The minimum atomic E-state index is -0.277. The van der Waals surface area contributed by atoms with Crippen LogP contribution in [-0.2, 0) is 9.59 Å². The number of rotatable bonds is 2. The summed E-state index contributed by atoms with van der Waals surface area (Å²) in [6, 6.07) is 0. The highest BCUT2D eigenvalue weighted by Gasteiger charge is 2.41. The summed E-state index contributed by atoms with van der Waals surface area (Å²) in [6.45, 7) is 11.0. The lowest BCUT2D eigenvalue weighted by atomic mass is 9.97. The second-order valence-electron chi connectivity index (χ2n) is 6.00. The molecule has 0 N–H and O–H groups in total. The van der Waals surface area contributed by atoms with E-state index in [0.29, 0.717) is 18.2 Å². The second kappa shape index (κ2) is 6.37. The molecular formula is C15H20N2O2S3. The molecule has 0 saturated carbocycles. The molecule has 0 spiro atoms.